The average Bonchev–Trinajstić information content (AvgIpc) is 2.74. The molecule has 0 bridgehead atoms. The van der Waals surface area contributed by atoms with Crippen molar-refractivity contribution in [2.75, 3.05) is 13.2 Å². The van der Waals surface area contributed by atoms with E-state index in [1.54, 1.807) is 55.4 Å². The predicted molar refractivity (Wildman–Crippen MR) is 138 cm³/mol. The van der Waals surface area contributed by atoms with Crippen LogP contribution in [0.4, 0.5) is 9.59 Å². The molecule has 0 spiro atoms. The number of carbonyl (C=O) groups is 3. The van der Waals surface area contributed by atoms with E-state index in [1.807, 2.05) is 13.8 Å². The lowest BCUT2D eigenvalue weighted by Crippen LogP contribution is -2.53. The van der Waals surface area contributed by atoms with Gasteiger partial charge in [-0.3, -0.25) is 0 Å². The van der Waals surface area contributed by atoms with Crippen LogP contribution in [0.3, 0.4) is 0 Å². The molecule has 5 atom stereocenters. The molecule has 10 nitrogen and oxygen atoms in total. The quantitative estimate of drug-likeness (QED) is 0.346. The van der Waals surface area contributed by atoms with Gasteiger partial charge in [-0.25, -0.2) is 14.4 Å². The second-order valence-electron chi connectivity index (χ2n) is 12.2. The van der Waals surface area contributed by atoms with Crippen molar-refractivity contribution in [1.29, 1.82) is 0 Å². The van der Waals surface area contributed by atoms with Gasteiger partial charge in [0.25, 0.3) is 0 Å². The first kappa shape index (κ1) is 33.1. The summed E-state index contributed by atoms with van der Waals surface area (Å²) in [4.78, 5) is 40.4. The first-order valence-electron chi connectivity index (χ1n) is 13.3. The molecule has 10 heteroatoms. The second-order valence-corrected chi connectivity index (χ2v) is 12.2. The minimum atomic E-state index is -1.24. The predicted octanol–water partition coefficient (Wildman–Crippen LogP) is 4.84. The van der Waals surface area contributed by atoms with E-state index in [1.165, 1.54) is 0 Å². The lowest BCUT2D eigenvalue weighted by Gasteiger charge is -2.33. The average molecular weight is 532 g/mol. The molecular formula is C27H49NO9. The Labute approximate surface area is 222 Å². The third-order valence-electron chi connectivity index (χ3n) is 5.35. The molecule has 0 aliphatic carbocycles. The van der Waals surface area contributed by atoms with Crippen LogP contribution in [-0.4, -0.2) is 83.0 Å². The summed E-state index contributed by atoms with van der Waals surface area (Å²) >= 11 is 0. The molecule has 1 rings (SSSR count). The number of aliphatic hydroxyl groups is 1. The van der Waals surface area contributed by atoms with Crippen LogP contribution in [0.5, 0.6) is 0 Å². The smallest absolute Gasteiger partial charge is 0.420 e. The third kappa shape index (κ3) is 12.5. The summed E-state index contributed by atoms with van der Waals surface area (Å²) in [5.41, 5.74) is -1.79. The van der Waals surface area contributed by atoms with Gasteiger partial charge in [-0.1, -0.05) is 13.8 Å². The lowest BCUT2D eigenvalue weighted by molar-refractivity contribution is -0.171. The van der Waals surface area contributed by atoms with E-state index in [0.29, 0.717) is 25.9 Å². The van der Waals surface area contributed by atoms with E-state index in [-0.39, 0.29) is 25.0 Å². The summed E-state index contributed by atoms with van der Waals surface area (Å²) in [6.07, 6.45) is -2.67. The molecule has 1 aliphatic rings. The van der Waals surface area contributed by atoms with Gasteiger partial charge in [0, 0.05) is 13.2 Å². The molecule has 0 unspecified atom stereocenters. The molecule has 2 amide bonds. The number of aliphatic hydroxyl groups excluding tert-OH is 1. The van der Waals surface area contributed by atoms with Gasteiger partial charge in [0.05, 0.1) is 12.2 Å². The number of esters is 1. The van der Waals surface area contributed by atoms with E-state index in [9.17, 15) is 19.5 Å². The van der Waals surface area contributed by atoms with Gasteiger partial charge in [0.15, 0.2) is 0 Å². The number of nitrogens with zero attached hydrogens (tertiary/aromatic N) is 1. The molecular weight excluding hydrogens is 482 g/mol. The minimum Gasteiger partial charge on any atom is -0.458 e. The van der Waals surface area contributed by atoms with E-state index in [4.69, 9.17) is 23.7 Å². The fourth-order valence-corrected chi connectivity index (χ4v) is 3.72. The number of ether oxygens (including phenoxy) is 5. The fourth-order valence-electron chi connectivity index (χ4n) is 3.72. The highest BCUT2D eigenvalue weighted by atomic mass is 16.6. The van der Waals surface area contributed by atoms with E-state index >= 15 is 0 Å². The maximum Gasteiger partial charge on any atom is 0.420 e. The minimum absolute atomic E-state index is 0.145. The molecule has 1 fully saturated rings. The molecule has 1 aliphatic heterocycles. The molecule has 1 heterocycles. The molecule has 1 N–H and O–H groups in total. The van der Waals surface area contributed by atoms with Gasteiger partial charge in [0.2, 0.25) is 0 Å². The SMILES string of the molecule is CC(C)CO[C@H]1CCC[C@H](N(C(=O)OC(C)(C)C)C(=O)OC(C)(C)C)C(=O)O[C@@H](C)[C@@H]1OCC[C@H](C)O. The molecule has 0 aromatic rings. The lowest BCUT2D eigenvalue weighted by atomic mass is 10.0. The second kappa shape index (κ2) is 14.3. The van der Waals surface area contributed by atoms with Gasteiger partial charge in [-0.15, -0.1) is 0 Å². The Bertz CT molecular complexity index is 711. The van der Waals surface area contributed by atoms with Crippen molar-refractivity contribution in [3.05, 3.63) is 0 Å². The van der Waals surface area contributed by atoms with Crippen LogP contribution < -0.4 is 0 Å². The molecule has 216 valence electrons. The van der Waals surface area contributed by atoms with Crippen LogP contribution >= 0.6 is 0 Å². The summed E-state index contributed by atoms with van der Waals surface area (Å²) in [7, 11) is 0. The van der Waals surface area contributed by atoms with Crippen LogP contribution in [0.2, 0.25) is 0 Å². The van der Waals surface area contributed by atoms with Crippen LogP contribution in [0, 0.1) is 5.92 Å². The Morgan fingerprint density at radius 2 is 1.54 bits per heavy atom. The number of hydrogen-bond donors (Lipinski definition) is 1. The molecule has 0 aromatic heterocycles. The van der Waals surface area contributed by atoms with Crippen molar-refractivity contribution in [1.82, 2.24) is 4.90 Å². The van der Waals surface area contributed by atoms with Gasteiger partial charge in [-0.2, -0.15) is 4.90 Å². The van der Waals surface area contributed by atoms with Gasteiger partial charge in [0.1, 0.15) is 29.5 Å². The number of imide groups is 1. The summed E-state index contributed by atoms with van der Waals surface area (Å²) in [6, 6.07) is -1.24. The zero-order valence-corrected chi connectivity index (χ0v) is 24.4. The number of cyclic esters (lactones) is 1. The fraction of sp³-hybridized carbons (Fsp3) is 0.889. The first-order valence-corrected chi connectivity index (χ1v) is 13.3. The summed E-state index contributed by atoms with van der Waals surface area (Å²) in [6.45, 7) is 18.3. The molecule has 37 heavy (non-hydrogen) atoms. The Balaban J connectivity index is 3.29. The largest absolute Gasteiger partial charge is 0.458 e. The van der Waals surface area contributed by atoms with Crippen molar-refractivity contribution in [2.45, 2.75) is 137 Å². The zero-order chi connectivity index (χ0) is 28.6. The van der Waals surface area contributed by atoms with Crippen molar-refractivity contribution in [2.24, 2.45) is 5.92 Å². The van der Waals surface area contributed by atoms with Crippen molar-refractivity contribution < 1.29 is 43.2 Å². The maximum atomic E-state index is 13.4. The van der Waals surface area contributed by atoms with Gasteiger partial charge in [-0.05, 0) is 87.0 Å². The van der Waals surface area contributed by atoms with Crippen LogP contribution in [0.1, 0.15) is 94.9 Å². The van der Waals surface area contributed by atoms with Crippen molar-refractivity contribution >= 4 is 18.2 Å². The maximum absolute atomic E-state index is 13.4. The van der Waals surface area contributed by atoms with E-state index in [2.05, 4.69) is 0 Å². The number of carbonyl (C=O) groups excluding carboxylic acids is 3. The van der Waals surface area contributed by atoms with Crippen LogP contribution in [0.15, 0.2) is 0 Å². The monoisotopic (exact) mass is 531 g/mol. The first-order chi connectivity index (χ1) is 16.9. The number of hydrogen-bond acceptors (Lipinski definition) is 9. The Kier molecular flexibility index (Phi) is 12.8. The highest BCUT2D eigenvalue weighted by Gasteiger charge is 2.43. The standard InChI is InChI=1S/C27H49NO9/c1-17(2)16-34-21-13-11-12-20(23(30)35-19(4)22(21)33-15-14-18(3)29)28(24(31)36-26(5,6)7)25(32)37-27(8,9)10/h17-22,29H,11-16H2,1-10H3/t18-,19-,20-,21-,22-/m0/s1. The number of rotatable bonds is 8. The third-order valence-corrected chi connectivity index (χ3v) is 5.35. The van der Waals surface area contributed by atoms with Gasteiger partial charge >= 0.3 is 18.2 Å². The zero-order valence-electron chi connectivity index (χ0n) is 24.4. The molecule has 1 saturated heterocycles. The Morgan fingerprint density at radius 1 is 1.00 bits per heavy atom. The van der Waals surface area contributed by atoms with Crippen LogP contribution in [-0.2, 0) is 28.5 Å². The molecule has 0 saturated carbocycles. The highest BCUT2D eigenvalue weighted by Crippen LogP contribution is 2.26. The topological polar surface area (TPSA) is 121 Å². The highest BCUT2D eigenvalue weighted by molar-refractivity contribution is 5.94. The van der Waals surface area contributed by atoms with Crippen molar-refractivity contribution in [3.63, 3.8) is 0 Å². The van der Waals surface area contributed by atoms with Crippen molar-refractivity contribution in [3.8, 4) is 0 Å². The molecule has 0 radical (unpaired) electrons. The van der Waals surface area contributed by atoms with Crippen LogP contribution in [0.25, 0.3) is 0 Å². The summed E-state index contributed by atoms with van der Waals surface area (Å²) in [5.74, 6) is -0.468. The van der Waals surface area contributed by atoms with E-state index < -0.39 is 53.7 Å². The Hall–Kier alpha value is -1.91. The summed E-state index contributed by atoms with van der Waals surface area (Å²) in [5, 5.41) is 9.65. The van der Waals surface area contributed by atoms with E-state index in [0.717, 1.165) is 4.90 Å². The van der Waals surface area contributed by atoms with Gasteiger partial charge < -0.3 is 28.8 Å². The molecule has 0 aromatic carbocycles. The normalized spacial score (nSPS) is 24.4. The summed E-state index contributed by atoms with van der Waals surface area (Å²) < 4.78 is 28.9. The number of amides is 2. The Morgan fingerprint density at radius 3 is 2.00 bits per heavy atom.